The van der Waals surface area contributed by atoms with Crippen LogP contribution in [0.3, 0.4) is 0 Å². The van der Waals surface area contributed by atoms with Crippen LogP contribution >= 0.6 is 11.8 Å². The number of rotatable bonds is 4. The lowest BCUT2D eigenvalue weighted by Crippen LogP contribution is -2.23. The first-order valence-electron chi connectivity index (χ1n) is 6.12. The topological polar surface area (TPSA) is 93.3 Å². The summed E-state index contributed by atoms with van der Waals surface area (Å²) in [6.45, 7) is 1.86. The molecule has 0 saturated carbocycles. The molecule has 5 nitrogen and oxygen atoms in total. The number of Topliss-reactive ketones (excluding diaryl/α,β-unsaturated/α-hetero) is 1. The van der Waals surface area contributed by atoms with Crippen LogP contribution < -0.4 is 5.73 Å². The third-order valence-corrected chi connectivity index (χ3v) is 4.73. The Morgan fingerprint density at radius 1 is 1.58 bits per heavy atom. The van der Waals surface area contributed by atoms with E-state index in [9.17, 15) is 9.59 Å². The van der Waals surface area contributed by atoms with E-state index in [0.29, 0.717) is 5.92 Å². The third-order valence-electron chi connectivity index (χ3n) is 3.55. The van der Waals surface area contributed by atoms with Crippen LogP contribution in [0.25, 0.3) is 0 Å². The minimum Gasteiger partial charge on any atom is -0.478 e. The Bertz CT molecular complexity index is 513. The Morgan fingerprint density at radius 3 is 2.89 bits per heavy atom. The van der Waals surface area contributed by atoms with E-state index < -0.39 is 5.97 Å². The molecule has 6 heteroatoms. The number of aromatic carboxylic acids is 1. The second-order valence-corrected chi connectivity index (χ2v) is 5.85. The Morgan fingerprint density at radius 2 is 2.32 bits per heavy atom. The molecule has 2 unspecified atom stereocenters. The number of nitrogens with two attached hydrogens (primary N) is 1. The van der Waals surface area contributed by atoms with Gasteiger partial charge in [0, 0.05) is 17.7 Å². The van der Waals surface area contributed by atoms with E-state index in [1.807, 2.05) is 18.7 Å². The molecule has 1 aliphatic heterocycles. The van der Waals surface area contributed by atoms with Crippen molar-refractivity contribution in [1.29, 1.82) is 0 Å². The minimum atomic E-state index is -1.21. The van der Waals surface area contributed by atoms with Crippen LogP contribution in [0.5, 0.6) is 0 Å². The molecule has 0 radical (unpaired) electrons. The van der Waals surface area contributed by atoms with Crippen LogP contribution in [-0.2, 0) is 0 Å². The van der Waals surface area contributed by atoms with Gasteiger partial charge in [-0.05, 0) is 29.9 Å². The molecule has 19 heavy (non-hydrogen) atoms. The largest absolute Gasteiger partial charge is 0.478 e. The second-order valence-electron chi connectivity index (χ2n) is 4.70. The van der Waals surface area contributed by atoms with Crippen molar-refractivity contribution in [2.45, 2.75) is 13.3 Å². The highest BCUT2D eigenvalue weighted by Gasteiger charge is 2.30. The van der Waals surface area contributed by atoms with Gasteiger partial charge < -0.3 is 10.8 Å². The fraction of sp³-hybridized carbons (Fsp3) is 0.462. The van der Waals surface area contributed by atoms with Crippen molar-refractivity contribution in [2.24, 2.45) is 11.8 Å². The van der Waals surface area contributed by atoms with Gasteiger partial charge >= 0.3 is 5.97 Å². The zero-order valence-corrected chi connectivity index (χ0v) is 11.4. The van der Waals surface area contributed by atoms with Gasteiger partial charge in [-0.1, -0.05) is 6.92 Å². The Kier molecular flexibility index (Phi) is 4.09. The van der Waals surface area contributed by atoms with E-state index in [1.54, 1.807) is 0 Å². The highest BCUT2D eigenvalue weighted by molar-refractivity contribution is 7.99. The van der Waals surface area contributed by atoms with E-state index in [0.717, 1.165) is 17.9 Å². The molecule has 0 amide bonds. The predicted molar refractivity (Wildman–Crippen MR) is 74.5 cm³/mol. The van der Waals surface area contributed by atoms with Crippen LogP contribution in [0.2, 0.25) is 0 Å². The number of nitrogen functional groups attached to an aromatic ring is 1. The standard InChI is InChI=1S/C13H16N2O3S/c1-7(8-3-5-19-6-8)11(16)9-2-4-15-12(14)10(9)13(17)18/h2,4,7-8H,3,5-6H2,1H3,(H2,14,15)(H,17,18). The van der Waals surface area contributed by atoms with Crippen LogP contribution in [0.15, 0.2) is 12.3 Å². The minimum absolute atomic E-state index is 0.105. The molecule has 2 rings (SSSR count). The molecular formula is C13H16N2O3S. The second kappa shape index (κ2) is 5.61. The lowest BCUT2D eigenvalue weighted by atomic mass is 9.85. The molecule has 1 aliphatic rings. The molecular weight excluding hydrogens is 264 g/mol. The van der Waals surface area contributed by atoms with E-state index in [-0.39, 0.29) is 28.6 Å². The number of hydrogen-bond acceptors (Lipinski definition) is 5. The van der Waals surface area contributed by atoms with E-state index in [2.05, 4.69) is 4.98 Å². The summed E-state index contributed by atoms with van der Waals surface area (Å²) in [4.78, 5) is 27.4. The van der Waals surface area contributed by atoms with Gasteiger partial charge in [0.05, 0.1) is 0 Å². The fourth-order valence-corrected chi connectivity index (χ4v) is 3.71. The van der Waals surface area contributed by atoms with Crippen molar-refractivity contribution in [3.8, 4) is 0 Å². The summed E-state index contributed by atoms with van der Waals surface area (Å²) in [5.74, 6) is 0.679. The van der Waals surface area contributed by atoms with E-state index in [1.165, 1.54) is 12.3 Å². The first-order valence-corrected chi connectivity index (χ1v) is 7.27. The average molecular weight is 280 g/mol. The monoisotopic (exact) mass is 280 g/mol. The molecule has 0 aliphatic carbocycles. The number of anilines is 1. The van der Waals surface area contributed by atoms with Crippen LogP contribution in [0, 0.1) is 11.8 Å². The van der Waals surface area contributed by atoms with Gasteiger partial charge in [-0.25, -0.2) is 9.78 Å². The van der Waals surface area contributed by atoms with E-state index in [4.69, 9.17) is 10.8 Å². The predicted octanol–water partition coefficient (Wildman–Crippen LogP) is 1.93. The smallest absolute Gasteiger partial charge is 0.340 e. The SMILES string of the molecule is CC(C(=O)c1ccnc(N)c1C(=O)O)C1CCSC1. The Hall–Kier alpha value is -1.56. The zero-order valence-electron chi connectivity index (χ0n) is 10.6. The van der Waals surface area contributed by atoms with Gasteiger partial charge in [-0.15, -0.1) is 0 Å². The summed E-state index contributed by atoms with van der Waals surface area (Å²) in [5, 5.41) is 9.17. The Balaban J connectivity index is 2.33. The van der Waals surface area contributed by atoms with Gasteiger partial charge in [0.25, 0.3) is 0 Å². The summed E-state index contributed by atoms with van der Waals surface area (Å²) in [7, 11) is 0. The normalized spacial score (nSPS) is 20.2. The Labute approximate surface area is 115 Å². The number of aromatic nitrogens is 1. The first-order chi connectivity index (χ1) is 9.02. The molecule has 1 aromatic heterocycles. The number of carbonyl (C=O) groups is 2. The maximum atomic E-state index is 12.5. The number of thioether (sulfide) groups is 1. The summed E-state index contributed by atoms with van der Waals surface area (Å²) in [5.41, 5.74) is 5.56. The highest BCUT2D eigenvalue weighted by Crippen LogP contribution is 2.32. The lowest BCUT2D eigenvalue weighted by Gasteiger charge is -2.18. The van der Waals surface area contributed by atoms with Crippen LogP contribution in [0.1, 0.15) is 34.1 Å². The van der Waals surface area contributed by atoms with Gasteiger partial charge in [0.2, 0.25) is 0 Å². The summed E-state index contributed by atoms with van der Waals surface area (Å²) < 4.78 is 0. The molecule has 1 aromatic rings. The fourth-order valence-electron chi connectivity index (χ4n) is 2.31. The molecule has 102 valence electrons. The molecule has 2 heterocycles. The van der Waals surface area contributed by atoms with Gasteiger partial charge in [-0.3, -0.25) is 4.79 Å². The molecule has 0 aromatic carbocycles. The quantitative estimate of drug-likeness (QED) is 0.819. The number of carboxylic acid groups (broad SMARTS) is 1. The number of carboxylic acids is 1. The van der Waals surface area contributed by atoms with Gasteiger partial charge in [0.15, 0.2) is 5.78 Å². The molecule has 1 fully saturated rings. The van der Waals surface area contributed by atoms with Gasteiger partial charge in [-0.2, -0.15) is 11.8 Å². The number of ketones is 1. The number of hydrogen-bond donors (Lipinski definition) is 2. The van der Waals surface area contributed by atoms with Crippen molar-refractivity contribution in [3.05, 3.63) is 23.4 Å². The third kappa shape index (κ3) is 2.73. The van der Waals surface area contributed by atoms with Gasteiger partial charge in [0.1, 0.15) is 11.4 Å². The molecule has 3 N–H and O–H groups in total. The van der Waals surface area contributed by atoms with Crippen LogP contribution in [-0.4, -0.2) is 33.3 Å². The van der Waals surface area contributed by atoms with Crippen molar-refractivity contribution in [1.82, 2.24) is 4.98 Å². The summed E-state index contributed by atoms with van der Waals surface area (Å²) in [6, 6.07) is 1.45. The first kappa shape index (κ1) is 13.9. The van der Waals surface area contributed by atoms with Crippen molar-refractivity contribution >= 4 is 29.3 Å². The van der Waals surface area contributed by atoms with Crippen molar-refractivity contribution in [2.75, 3.05) is 17.2 Å². The maximum absolute atomic E-state index is 12.5. The van der Waals surface area contributed by atoms with Crippen molar-refractivity contribution < 1.29 is 14.7 Å². The summed E-state index contributed by atoms with van der Waals surface area (Å²) >= 11 is 1.83. The zero-order chi connectivity index (χ0) is 14.0. The number of pyridine rings is 1. The number of nitrogens with zero attached hydrogens (tertiary/aromatic N) is 1. The van der Waals surface area contributed by atoms with Crippen molar-refractivity contribution in [3.63, 3.8) is 0 Å². The summed E-state index contributed by atoms with van der Waals surface area (Å²) in [6.07, 6.45) is 2.38. The average Bonchev–Trinajstić information content (AvgIpc) is 2.90. The van der Waals surface area contributed by atoms with Crippen LogP contribution in [0.4, 0.5) is 5.82 Å². The van der Waals surface area contributed by atoms with E-state index >= 15 is 0 Å². The highest BCUT2D eigenvalue weighted by atomic mass is 32.2. The molecule has 0 spiro atoms. The molecule has 0 bridgehead atoms. The lowest BCUT2D eigenvalue weighted by molar-refractivity contribution is 0.0690. The maximum Gasteiger partial charge on any atom is 0.340 e. The molecule has 1 saturated heterocycles. The number of carbonyl (C=O) groups excluding carboxylic acids is 1. The molecule has 2 atom stereocenters.